The molecule has 0 saturated carbocycles. The van der Waals surface area contributed by atoms with Gasteiger partial charge in [-0.25, -0.2) is 14.3 Å². The Hall–Kier alpha value is -4.27. The lowest BCUT2D eigenvalue weighted by Crippen LogP contribution is -2.35. The molecule has 33 heavy (non-hydrogen) atoms. The highest BCUT2D eigenvalue weighted by molar-refractivity contribution is 5.98. The second kappa shape index (κ2) is 8.34. The van der Waals surface area contributed by atoms with Crippen molar-refractivity contribution < 1.29 is 19.1 Å². The summed E-state index contributed by atoms with van der Waals surface area (Å²) in [6.45, 7) is 2.29. The number of methoxy groups -OCH3 is 1. The van der Waals surface area contributed by atoms with Crippen LogP contribution in [0.15, 0.2) is 54.9 Å². The zero-order valence-electron chi connectivity index (χ0n) is 18.1. The molecule has 9 heteroatoms. The van der Waals surface area contributed by atoms with E-state index in [-0.39, 0.29) is 18.5 Å². The number of esters is 1. The molecule has 3 heterocycles. The third-order valence-corrected chi connectivity index (χ3v) is 5.47. The van der Waals surface area contributed by atoms with Crippen molar-refractivity contribution in [1.29, 1.82) is 0 Å². The summed E-state index contributed by atoms with van der Waals surface area (Å²) in [7, 11) is 1.36. The third-order valence-electron chi connectivity index (χ3n) is 5.47. The molecule has 1 N–H and O–H groups in total. The molecule has 0 fully saturated rings. The first-order valence-electron chi connectivity index (χ1n) is 10.5. The number of nitrogens with one attached hydrogen (secondary N) is 1. The van der Waals surface area contributed by atoms with Gasteiger partial charge in [0.05, 0.1) is 19.2 Å². The van der Waals surface area contributed by atoms with Crippen molar-refractivity contribution in [3.63, 3.8) is 0 Å². The summed E-state index contributed by atoms with van der Waals surface area (Å²) in [5, 5.41) is 6.99. The third kappa shape index (κ3) is 3.89. The highest BCUT2D eigenvalue weighted by Gasteiger charge is 2.28. The molecule has 2 aromatic carbocycles. The minimum Gasteiger partial charge on any atom is -0.487 e. The maximum absolute atomic E-state index is 12.6. The number of hydrogen-bond donors (Lipinski definition) is 1. The van der Waals surface area contributed by atoms with Gasteiger partial charge in [0.2, 0.25) is 5.82 Å². The van der Waals surface area contributed by atoms with Crippen molar-refractivity contribution in [2.24, 2.45) is 0 Å². The Morgan fingerprint density at radius 2 is 2.06 bits per heavy atom. The van der Waals surface area contributed by atoms with Gasteiger partial charge in [-0.2, -0.15) is 4.98 Å². The van der Waals surface area contributed by atoms with Crippen LogP contribution in [0.2, 0.25) is 0 Å². The summed E-state index contributed by atoms with van der Waals surface area (Å²) in [6, 6.07) is 13.1. The second-order valence-electron chi connectivity index (χ2n) is 7.79. The highest BCUT2D eigenvalue weighted by atomic mass is 16.5. The van der Waals surface area contributed by atoms with Crippen molar-refractivity contribution in [2.75, 3.05) is 13.7 Å². The van der Waals surface area contributed by atoms with E-state index in [0.29, 0.717) is 23.5 Å². The fourth-order valence-electron chi connectivity index (χ4n) is 4.03. The normalized spacial score (nSPS) is 14.5. The van der Waals surface area contributed by atoms with Crippen molar-refractivity contribution >= 4 is 17.7 Å². The molecule has 1 unspecified atom stereocenters. The first-order valence-corrected chi connectivity index (χ1v) is 10.5. The smallest absolute Gasteiger partial charge is 0.338 e. The summed E-state index contributed by atoms with van der Waals surface area (Å²) in [5.41, 5.74) is 4.13. The second-order valence-corrected chi connectivity index (χ2v) is 7.79. The minimum atomic E-state index is -0.405. The first-order chi connectivity index (χ1) is 16.0. The molecule has 0 radical (unpaired) electrons. The summed E-state index contributed by atoms with van der Waals surface area (Å²) < 4.78 is 12.6. The maximum Gasteiger partial charge on any atom is 0.338 e. The van der Waals surface area contributed by atoms with Crippen LogP contribution in [-0.4, -0.2) is 51.2 Å². The Kier molecular flexibility index (Phi) is 5.21. The lowest BCUT2D eigenvalue weighted by molar-refractivity contribution is 0.0601. The van der Waals surface area contributed by atoms with E-state index in [1.54, 1.807) is 30.6 Å². The van der Waals surface area contributed by atoms with Crippen LogP contribution in [0.5, 0.6) is 5.75 Å². The number of benzene rings is 2. The fraction of sp³-hybridized carbons (Fsp3) is 0.208. The Bertz CT molecular complexity index is 1350. The van der Waals surface area contributed by atoms with Crippen molar-refractivity contribution in [1.82, 2.24) is 24.9 Å². The van der Waals surface area contributed by atoms with Crippen LogP contribution in [0.1, 0.15) is 32.1 Å². The van der Waals surface area contributed by atoms with Gasteiger partial charge in [0, 0.05) is 24.4 Å². The number of aromatic nitrogens is 4. The van der Waals surface area contributed by atoms with Gasteiger partial charge >= 0.3 is 5.97 Å². The van der Waals surface area contributed by atoms with Crippen LogP contribution >= 0.6 is 0 Å². The first kappa shape index (κ1) is 20.6. The average molecular weight is 443 g/mol. The van der Waals surface area contributed by atoms with Gasteiger partial charge in [-0.05, 0) is 41.8 Å². The van der Waals surface area contributed by atoms with Gasteiger partial charge in [0.15, 0.2) is 0 Å². The van der Waals surface area contributed by atoms with Crippen molar-refractivity contribution in [3.8, 4) is 16.9 Å². The zero-order chi connectivity index (χ0) is 22.9. The van der Waals surface area contributed by atoms with Crippen LogP contribution in [0.25, 0.3) is 16.9 Å². The Labute approximate surface area is 189 Å². The predicted octanol–water partition coefficient (Wildman–Crippen LogP) is 2.62. The number of ether oxygens (including phenoxy) is 2. The molecular weight excluding hydrogens is 422 g/mol. The molecule has 1 aliphatic rings. The zero-order valence-corrected chi connectivity index (χ0v) is 18.1. The summed E-state index contributed by atoms with van der Waals surface area (Å²) in [6.07, 6.45) is 3.64. The number of fused-ring (bicyclic) bond motifs is 2. The topological polar surface area (TPSA) is 108 Å². The number of rotatable bonds is 5. The Morgan fingerprint density at radius 1 is 1.21 bits per heavy atom. The summed E-state index contributed by atoms with van der Waals surface area (Å²) in [4.78, 5) is 33.1. The molecule has 166 valence electrons. The number of carbonyl (C=O) groups excluding carboxylic acids is 2. The molecule has 1 amide bonds. The van der Waals surface area contributed by atoms with Crippen LogP contribution in [0.4, 0.5) is 0 Å². The molecule has 0 spiro atoms. The molecule has 1 aliphatic heterocycles. The van der Waals surface area contributed by atoms with E-state index in [1.165, 1.54) is 11.6 Å². The van der Waals surface area contributed by atoms with Gasteiger partial charge in [0.1, 0.15) is 11.9 Å². The van der Waals surface area contributed by atoms with Crippen molar-refractivity contribution in [3.05, 3.63) is 77.4 Å². The average Bonchev–Trinajstić information content (AvgIpc) is 3.45. The lowest BCUT2D eigenvalue weighted by atomic mass is 9.94. The van der Waals surface area contributed by atoms with E-state index in [4.69, 9.17) is 9.47 Å². The molecular formula is C24H21N5O4. The number of amides is 1. The van der Waals surface area contributed by atoms with E-state index in [0.717, 1.165) is 22.3 Å². The molecule has 5 rings (SSSR count). The van der Waals surface area contributed by atoms with Crippen molar-refractivity contribution in [2.45, 2.75) is 19.4 Å². The molecule has 1 atom stereocenters. The van der Waals surface area contributed by atoms with Gasteiger partial charge < -0.3 is 14.8 Å². The molecule has 0 aliphatic carbocycles. The number of nitrogens with zero attached hydrogens (tertiary/aromatic N) is 4. The molecule has 0 saturated heterocycles. The van der Waals surface area contributed by atoms with Gasteiger partial charge in [0.25, 0.3) is 11.7 Å². The van der Waals surface area contributed by atoms with Crippen LogP contribution < -0.4 is 10.1 Å². The minimum absolute atomic E-state index is 0.0488. The van der Waals surface area contributed by atoms with E-state index < -0.39 is 11.9 Å². The predicted molar refractivity (Wildman–Crippen MR) is 119 cm³/mol. The van der Waals surface area contributed by atoms with Gasteiger partial charge in [-0.3, -0.25) is 4.79 Å². The van der Waals surface area contributed by atoms with E-state index in [1.807, 2.05) is 25.1 Å². The highest BCUT2D eigenvalue weighted by Crippen LogP contribution is 2.41. The maximum atomic E-state index is 12.6. The van der Waals surface area contributed by atoms with E-state index in [9.17, 15) is 9.59 Å². The number of carbonyl (C=O) groups is 2. The SMILES string of the molecule is COC(=O)c1ccccc1-c1cc(C)cc2c1OC(CNC(=O)c1nc3ncccn3n1)C2. The molecule has 2 aromatic heterocycles. The monoisotopic (exact) mass is 443 g/mol. The fourth-order valence-corrected chi connectivity index (χ4v) is 4.03. The van der Waals surface area contributed by atoms with Crippen LogP contribution in [0.3, 0.4) is 0 Å². The largest absolute Gasteiger partial charge is 0.487 e. The Morgan fingerprint density at radius 3 is 2.88 bits per heavy atom. The van der Waals surface area contributed by atoms with E-state index in [2.05, 4.69) is 26.4 Å². The Balaban J connectivity index is 1.36. The van der Waals surface area contributed by atoms with Gasteiger partial charge in [-0.1, -0.05) is 24.3 Å². The molecule has 9 nitrogen and oxygen atoms in total. The van der Waals surface area contributed by atoms with Gasteiger partial charge in [-0.15, -0.1) is 5.10 Å². The standard InChI is InChI=1S/C24H21N5O4/c1-14-10-15-12-16(13-26-22(30)21-27-24-25-8-5-9-29(24)28-21)33-20(15)19(11-14)17-6-3-4-7-18(17)23(31)32-2/h3-11,16H,12-13H2,1-2H3,(H,26,30). The summed E-state index contributed by atoms with van der Waals surface area (Å²) in [5.74, 6) is 0.320. The van der Waals surface area contributed by atoms with E-state index >= 15 is 0 Å². The van der Waals surface area contributed by atoms with Crippen LogP contribution in [0, 0.1) is 6.92 Å². The summed E-state index contributed by atoms with van der Waals surface area (Å²) >= 11 is 0. The van der Waals surface area contributed by atoms with Crippen LogP contribution in [-0.2, 0) is 11.2 Å². The lowest BCUT2D eigenvalue weighted by Gasteiger charge is -2.15. The number of aryl methyl sites for hydroxylation is 1. The number of hydrogen-bond acceptors (Lipinski definition) is 7. The molecule has 4 aromatic rings. The quantitative estimate of drug-likeness (QED) is 0.473. The molecule has 0 bridgehead atoms.